The number of hydrogen-bond donors (Lipinski definition) is 0. The Kier molecular flexibility index (Phi) is 3.12. The molecule has 0 spiro atoms. The summed E-state index contributed by atoms with van der Waals surface area (Å²) in [6.07, 6.45) is 5.64. The fraction of sp³-hybridized carbons (Fsp3) is 0.176. The second kappa shape index (κ2) is 5.59. The van der Waals surface area contributed by atoms with Gasteiger partial charge in [0.15, 0.2) is 17.5 Å². The predicted molar refractivity (Wildman–Crippen MR) is 89.3 cm³/mol. The second-order valence-corrected chi connectivity index (χ2v) is 5.97. The summed E-state index contributed by atoms with van der Waals surface area (Å²) in [5.74, 6) is 2.93. The molecule has 0 saturated heterocycles. The summed E-state index contributed by atoms with van der Waals surface area (Å²) in [6.45, 7) is 0. The van der Waals surface area contributed by atoms with Gasteiger partial charge in [0, 0.05) is 17.7 Å². The Morgan fingerprint density at radius 3 is 2.56 bits per heavy atom. The number of hydrogen-bond acceptors (Lipinski definition) is 6. The Morgan fingerprint density at radius 1 is 1.00 bits per heavy atom. The van der Waals surface area contributed by atoms with Gasteiger partial charge in [0.1, 0.15) is 6.33 Å². The molecule has 8 heteroatoms. The zero-order valence-electron chi connectivity index (χ0n) is 13.3. The Morgan fingerprint density at radius 2 is 1.88 bits per heavy atom. The van der Waals surface area contributed by atoms with Crippen molar-refractivity contribution in [3.63, 3.8) is 0 Å². The maximum Gasteiger partial charge on any atom is 0.165 e. The van der Waals surface area contributed by atoms with Crippen molar-refractivity contribution in [3.05, 3.63) is 60.8 Å². The molecule has 1 aliphatic rings. The first kappa shape index (κ1) is 14.0. The second-order valence-electron chi connectivity index (χ2n) is 5.97. The van der Waals surface area contributed by atoms with E-state index in [4.69, 9.17) is 10.1 Å². The summed E-state index contributed by atoms with van der Waals surface area (Å²) in [6, 6.07) is 13.7. The van der Waals surface area contributed by atoms with Gasteiger partial charge in [-0.05, 0) is 59.7 Å². The number of rotatable bonds is 4. The summed E-state index contributed by atoms with van der Waals surface area (Å²) in [7, 11) is 0. The van der Waals surface area contributed by atoms with Crippen molar-refractivity contribution in [3.8, 4) is 22.9 Å². The van der Waals surface area contributed by atoms with Crippen LogP contribution in [0.4, 0.5) is 0 Å². The maximum absolute atomic E-state index is 4.78. The summed E-state index contributed by atoms with van der Waals surface area (Å²) in [5.41, 5.74) is 1.86. The minimum atomic E-state index is 0.476. The summed E-state index contributed by atoms with van der Waals surface area (Å²) in [4.78, 5) is 9.19. The molecule has 8 nitrogen and oxygen atoms in total. The minimum Gasteiger partial charge on any atom is -0.237 e. The van der Waals surface area contributed by atoms with Crippen LogP contribution >= 0.6 is 0 Å². The molecule has 25 heavy (non-hydrogen) atoms. The molecule has 5 rings (SSSR count). The van der Waals surface area contributed by atoms with E-state index in [1.54, 1.807) is 17.2 Å². The first-order valence-corrected chi connectivity index (χ1v) is 8.11. The van der Waals surface area contributed by atoms with Gasteiger partial charge in [0.25, 0.3) is 0 Å². The van der Waals surface area contributed by atoms with E-state index in [2.05, 4.69) is 20.5 Å². The monoisotopic (exact) mass is 330 g/mol. The highest BCUT2D eigenvalue weighted by Gasteiger charge is 2.29. The van der Waals surface area contributed by atoms with Crippen LogP contribution in [0.3, 0.4) is 0 Å². The minimum absolute atomic E-state index is 0.476. The van der Waals surface area contributed by atoms with E-state index in [1.165, 1.54) is 0 Å². The fourth-order valence-electron chi connectivity index (χ4n) is 2.71. The predicted octanol–water partition coefficient (Wildman–Crippen LogP) is 2.18. The molecule has 3 heterocycles. The van der Waals surface area contributed by atoms with Crippen LogP contribution in [0.5, 0.6) is 0 Å². The molecular formula is C17H14N8. The van der Waals surface area contributed by atoms with Crippen molar-refractivity contribution in [2.24, 2.45) is 0 Å². The summed E-state index contributed by atoms with van der Waals surface area (Å²) in [5, 5.41) is 15.9. The highest BCUT2D eigenvalue weighted by Crippen LogP contribution is 2.39. The summed E-state index contributed by atoms with van der Waals surface area (Å²) >= 11 is 0. The van der Waals surface area contributed by atoms with Crippen LogP contribution in [0.15, 0.2) is 55.0 Å². The third-order valence-electron chi connectivity index (χ3n) is 4.17. The molecule has 0 atom stereocenters. The van der Waals surface area contributed by atoms with Crippen LogP contribution in [-0.2, 0) is 0 Å². The van der Waals surface area contributed by atoms with Crippen LogP contribution < -0.4 is 0 Å². The zero-order chi connectivity index (χ0) is 16.6. The molecule has 122 valence electrons. The van der Waals surface area contributed by atoms with Gasteiger partial charge in [-0.25, -0.2) is 14.6 Å². The quantitative estimate of drug-likeness (QED) is 0.570. The smallest absolute Gasteiger partial charge is 0.165 e. The third-order valence-corrected chi connectivity index (χ3v) is 4.17. The van der Waals surface area contributed by atoms with Crippen molar-refractivity contribution < 1.29 is 0 Å². The molecule has 0 N–H and O–H groups in total. The van der Waals surface area contributed by atoms with Gasteiger partial charge in [-0.15, -0.1) is 10.2 Å². The van der Waals surface area contributed by atoms with E-state index in [0.29, 0.717) is 5.92 Å². The molecule has 4 aromatic rings. The largest absolute Gasteiger partial charge is 0.237 e. The lowest BCUT2D eigenvalue weighted by Gasteiger charge is -2.05. The number of tetrazole rings is 1. The zero-order valence-corrected chi connectivity index (χ0v) is 13.3. The van der Waals surface area contributed by atoms with Gasteiger partial charge in [-0.2, -0.15) is 4.68 Å². The molecule has 1 aliphatic carbocycles. The van der Waals surface area contributed by atoms with Gasteiger partial charge < -0.3 is 0 Å². The Labute approximate surface area is 143 Å². The number of benzene rings is 1. The average molecular weight is 330 g/mol. The van der Waals surface area contributed by atoms with Crippen molar-refractivity contribution in [2.75, 3.05) is 0 Å². The van der Waals surface area contributed by atoms with E-state index in [9.17, 15) is 0 Å². The molecule has 0 amide bonds. The topological polar surface area (TPSA) is 87.2 Å². The molecule has 0 bridgehead atoms. The van der Waals surface area contributed by atoms with Crippen LogP contribution in [0.2, 0.25) is 0 Å². The standard InChI is InChI=1S/C17H14N8/c1-2-10-18-15(3-1)25-17(20-16(21-25)12-4-5-12)13-6-8-14(9-7-13)24-11-19-22-23-24/h1-3,6-12H,4-5H2. The molecule has 3 aromatic heterocycles. The lowest BCUT2D eigenvalue weighted by Crippen LogP contribution is -2.02. The van der Waals surface area contributed by atoms with Crippen LogP contribution in [0, 0.1) is 0 Å². The van der Waals surface area contributed by atoms with Crippen molar-refractivity contribution in [2.45, 2.75) is 18.8 Å². The number of pyridine rings is 1. The van der Waals surface area contributed by atoms with E-state index in [0.717, 1.165) is 41.6 Å². The molecule has 1 aromatic carbocycles. The highest BCUT2D eigenvalue weighted by molar-refractivity contribution is 5.59. The molecule has 1 saturated carbocycles. The van der Waals surface area contributed by atoms with Gasteiger partial charge in [-0.1, -0.05) is 6.07 Å². The van der Waals surface area contributed by atoms with Crippen molar-refractivity contribution in [1.29, 1.82) is 0 Å². The van der Waals surface area contributed by atoms with Crippen LogP contribution in [0.25, 0.3) is 22.9 Å². The molecule has 0 unspecified atom stereocenters. The number of aromatic nitrogens is 8. The van der Waals surface area contributed by atoms with E-state index >= 15 is 0 Å². The molecule has 0 aliphatic heterocycles. The van der Waals surface area contributed by atoms with E-state index in [1.807, 2.05) is 47.1 Å². The van der Waals surface area contributed by atoms with Crippen LogP contribution in [0.1, 0.15) is 24.6 Å². The SMILES string of the molecule is c1ccc(-n2nc(C3CC3)nc2-c2ccc(-n3cnnn3)cc2)nc1. The normalized spacial score (nSPS) is 13.9. The lowest BCUT2D eigenvalue weighted by atomic mass is 10.2. The first-order chi connectivity index (χ1) is 12.4. The third kappa shape index (κ3) is 2.57. The van der Waals surface area contributed by atoms with Crippen LogP contribution in [-0.4, -0.2) is 40.0 Å². The summed E-state index contributed by atoms with van der Waals surface area (Å²) < 4.78 is 3.43. The molecule has 0 radical (unpaired) electrons. The molecular weight excluding hydrogens is 316 g/mol. The van der Waals surface area contributed by atoms with E-state index in [-0.39, 0.29) is 0 Å². The van der Waals surface area contributed by atoms with Gasteiger partial charge in [-0.3, -0.25) is 0 Å². The fourth-order valence-corrected chi connectivity index (χ4v) is 2.71. The van der Waals surface area contributed by atoms with E-state index < -0.39 is 0 Å². The Hall–Kier alpha value is -3.42. The molecule has 1 fully saturated rings. The van der Waals surface area contributed by atoms with Crippen molar-refractivity contribution in [1.82, 2.24) is 40.0 Å². The lowest BCUT2D eigenvalue weighted by molar-refractivity contribution is 0.789. The maximum atomic E-state index is 4.78. The first-order valence-electron chi connectivity index (χ1n) is 8.11. The number of nitrogens with zero attached hydrogens (tertiary/aromatic N) is 8. The van der Waals surface area contributed by atoms with Crippen molar-refractivity contribution >= 4 is 0 Å². The van der Waals surface area contributed by atoms with Gasteiger partial charge in [0.2, 0.25) is 0 Å². The average Bonchev–Trinajstić information content (AvgIpc) is 3.21. The van der Waals surface area contributed by atoms with Gasteiger partial charge >= 0.3 is 0 Å². The highest BCUT2D eigenvalue weighted by atomic mass is 15.5. The Bertz CT molecular complexity index is 985. The van der Waals surface area contributed by atoms with Gasteiger partial charge in [0.05, 0.1) is 5.69 Å². The Balaban J connectivity index is 1.58.